The topological polar surface area (TPSA) is 273 Å². The van der Waals surface area contributed by atoms with Crippen molar-refractivity contribution in [2.45, 2.75) is 20.5 Å². The lowest BCUT2D eigenvalue weighted by atomic mass is 10.2. The number of amides is 3. The van der Waals surface area contributed by atoms with Gasteiger partial charge in [-0.1, -0.05) is 72.3 Å². The van der Waals surface area contributed by atoms with E-state index in [0.29, 0.717) is 58.2 Å². The fraction of sp³-hybridized carbons (Fsp3) is 0.194. The van der Waals surface area contributed by atoms with Gasteiger partial charge in [0.25, 0.3) is 0 Å². The van der Waals surface area contributed by atoms with Crippen LogP contribution in [0.25, 0.3) is 0 Å². The van der Waals surface area contributed by atoms with Gasteiger partial charge in [0.05, 0.1) is 40.4 Å². The largest absolute Gasteiger partial charge is 0.490 e. The summed E-state index contributed by atoms with van der Waals surface area (Å²) in [5.74, 6) is -0.461. The SMILES string of the molecule is CC(C)=CC(=O)Nc1ccccc1OCCOc1ccc(C(=O)O)cc1.COCC(=O)Nc1ccccc1OCCOc1ccc(C(=O)O)cc1.O=C(COCc1ccccc1)Nc1ccccc1OCCOc1ccc(C(=O)O)cc1. The molecule has 0 aliphatic rings. The summed E-state index contributed by atoms with van der Waals surface area (Å²) in [6.45, 7) is 5.54. The van der Waals surface area contributed by atoms with Gasteiger partial charge in [0.15, 0.2) is 0 Å². The van der Waals surface area contributed by atoms with Crippen molar-refractivity contribution in [1.29, 1.82) is 0 Å². The molecule has 7 rings (SSSR count). The van der Waals surface area contributed by atoms with Crippen LogP contribution in [0.4, 0.5) is 17.1 Å². The van der Waals surface area contributed by atoms with E-state index in [4.69, 9.17) is 53.2 Å². The molecule has 0 aliphatic carbocycles. The van der Waals surface area contributed by atoms with Gasteiger partial charge in [-0.25, -0.2) is 14.4 Å². The van der Waals surface area contributed by atoms with Gasteiger partial charge in [-0.15, -0.1) is 0 Å². The summed E-state index contributed by atoms with van der Waals surface area (Å²) < 4.78 is 43.8. The van der Waals surface area contributed by atoms with Gasteiger partial charge in [-0.2, -0.15) is 0 Å². The predicted molar refractivity (Wildman–Crippen MR) is 306 cm³/mol. The average molecular weight is 1120 g/mol. The minimum absolute atomic E-state index is 0.0379. The number of hydrogen-bond acceptors (Lipinski definition) is 14. The summed E-state index contributed by atoms with van der Waals surface area (Å²) in [7, 11) is 1.45. The van der Waals surface area contributed by atoms with E-state index >= 15 is 0 Å². The second kappa shape index (κ2) is 34.6. The molecule has 20 heteroatoms. The van der Waals surface area contributed by atoms with Crippen molar-refractivity contribution in [2.24, 2.45) is 0 Å². The lowest BCUT2D eigenvalue weighted by Crippen LogP contribution is -2.19. The highest BCUT2D eigenvalue weighted by Crippen LogP contribution is 2.26. The van der Waals surface area contributed by atoms with Crippen molar-refractivity contribution in [1.82, 2.24) is 0 Å². The molecular formula is C62H63N3O17. The molecule has 0 fully saturated rings. The minimum Gasteiger partial charge on any atom is -0.490 e. The van der Waals surface area contributed by atoms with Crippen molar-refractivity contribution in [3.63, 3.8) is 0 Å². The zero-order valence-electron chi connectivity index (χ0n) is 45.2. The van der Waals surface area contributed by atoms with Crippen molar-refractivity contribution in [3.8, 4) is 34.5 Å². The first-order valence-corrected chi connectivity index (χ1v) is 25.4. The number of nitrogens with one attached hydrogen (secondary N) is 3. The molecule has 0 atom stereocenters. The maximum atomic E-state index is 12.2. The molecule has 3 amide bonds. The van der Waals surface area contributed by atoms with Crippen molar-refractivity contribution in [3.05, 3.63) is 210 Å². The Balaban J connectivity index is 0.000000227. The third-order valence-corrected chi connectivity index (χ3v) is 10.6. The van der Waals surface area contributed by atoms with Crippen LogP contribution in [0, 0.1) is 0 Å². The number of rotatable bonds is 28. The van der Waals surface area contributed by atoms with E-state index in [2.05, 4.69) is 16.0 Å². The smallest absolute Gasteiger partial charge is 0.335 e. The molecule has 6 N–H and O–H groups in total. The van der Waals surface area contributed by atoms with E-state index in [-0.39, 0.29) is 87.3 Å². The number of anilines is 3. The van der Waals surface area contributed by atoms with Crippen LogP contribution in [0.2, 0.25) is 0 Å². The number of carbonyl (C=O) groups is 6. The Kier molecular flexibility index (Phi) is 26.5. The van der Waals surface area contributed by atoms with E-state index in [0.717, 1.165) is 11.1 Å². The molecule has 428 valence electrons. The second-order valence-corrected chi connectivity index (χ2v) is 17.3. The highest BCUT2D eigenvalue weighted by molar-refractivity contribution is 6.00. The molecule has 20 nitrogen and oxygen atoms in total. The first-order chi connectivity index (χ1) is 39.7. The van der Waals surface area contributed by atoms with Crippen molar-refractivity contribution >= 4 is 52.7 Å². The third-order valence-electron chi connectivity index (χ3n) is 10.6. The number of aromatic carboxylic acids is 3. The van der Waals surface area contributed by atoms with Crippen LogP contribution < -0.4 is 44.4 Å². The predicted octanol–water partition coefficient (Wildman–Crippen LogP) is 10.2. The number of methoxy groups -OCH3 is 1. The summed E-state index contributed by atoms with van der Waals surface area (Å²) in [6, 6.07) is 49.3. The molecule has 0 heterocycles. The number of benzene rings is 7. The van der Waals surface area contributed by atoms with Crippen LogP contribution in [-0.4, -0.2) is 111 Å². The molecule has 0 aromatic heterocycles. The van der Waals surface area contributed by atoms with Gasteiger partial charge in [0, 0.05) is 13.2 Å². The molecule has 0 unspecified atom stereocenters. The van der Waals surface area contributed by atoms with Crippen LogP contribution in [-0.2, 0) is 30.5 Å². The van der Waals surface area contributed by atoms with Gasteiger partial charge in [-0.3, -0.25) is 14.4 Å². The quantitative estimate of drug-likeness (QED) is 0.0197. The van der Waals surface area contributed by atoms with Crippen LogP contribution in [0.3, 0.4) is 0 Å². The molecule has 0 saturated carbocycles. The van der Waals surface area contributed by atoms with Gasteiger partial charge in [0.1, 0.15) is 87.4 Å². The van der Waals surface area contributed by atoms with Gasteiger partial charge in [-0.05, 0) is 129 Å². The highest BCUT2D eigenvalue weighted by Gasteiger charge is 2.12. The summed E-state index contributed by atoms with van der Waals surface area (Å²) in [4.78, 5) is 68.1. The molecule has 0 aliphatic heterocycles. The maximum Gasteiger partial charge on any atom is 0.335 e. The molecule has 0 radical (unpaired) electrons. The normalized spacial score (nSPS) is 10.1. The molecule has 7 aromatic rings. The lowest BCUT2D eigenvalue weighted by Gasteiger charge is -2.13. The highest BCUT2D eigenvalue weighted by atomic mass is 16.5. The van der Waals surface area contributed by atoms with Gasteiger partial charge >= 0.3 is 17.9 Å². The van der Waals surface area contributed by atoms with Gasteiger partial charge < -0.3 is 69.2 Å². The van der Waals surface area contributed by atoms with E-state index in [1.165, 1.54) is 49.6 Å². The first-order valence-electron chi connectivity index (χ1n) is 25.4. The Morgan fingerprint density at radius 3 is 1.09 bits per heavy atom. The van der Waals surface area contributed by atoms with E-state index in [1.807, 2.05) is 62.4 Å². The van der Waals surface area contributed by atoms with Crippen LogP contribution in [0.15, 0.2) is 188 Å². The lowest BCUT2D eigenvalue weighted by molar-refractivity contribution is -0.121. The van der Waals surface area contributed by atoms with E-state index in [9.17, 15) is 28.8 Å². The van der Waals surface area contributed by atoms with E-state index in [1.54, 1.807) is 91.0 Å². The average Bonchev–Trinajstić information content (AvgIpc) is 3.50. The number of hydrogen-bond donors (Lipinski definition) is 6. The number of carboxylic acids is 3. The number of carboxylic acid groups (broad SMARTS) is 3. The Morgan fingerprint density at radius 1 is 0.402 bits per heavy atom. The minimum atomic E-state index is -0.987. The summed E-state index contributed by atoms with van der Waals surface area (Å²) in [5, 5.41) is 34.9. The zero-order valence-corrected chi connectivity index (χ0v) is 45.2. The number of ether oxygens (including phenoxy) is 8. The standard InChI is InChI=1S/C24H23NO6.C20H21NO5.C18H19NO6/c26-23(17-29-16-18-6-2-1-3-7-18)25-21-8-4-5-9-22(21)31-15-14-30-20-12-10-19(11-13-20)24(27)28;1-14(2)13-19(22)21-17-5-3-4-6-18(17)26-12-11-25-16-9-7-15(8-10-16)20(23)24;1-23-12-17(20)19-15-4-2-3-5-16(15)25-11-10-24-14-8-6-13(7-9-14)18(21)22/h1-13H,14-17H2,(H,25,26)(H,27,28);3-10,13H,11-12H2,1-2H3,(H,21,22)(H,23,24);2-9H,10-12H2,1H3,(H,19,20)(H,21,22). The van der Waals surface area contributed by atoms with Crippen LogP contribution >= 0.6 is 0 Å². The first kappa shape index (κ1) is 62.7. The van der Waals surface area contributed by atoms with Crippen molar-refractivity contribution in [2.75, 3.05) is 75.9 Å². The third kappa shape index (κ3) is 23.4. The Labute approximate surface area is 473 Å². The Hall–Kier alpha value is -10.2. The van der Waals surface area contributed by atoms with Crippen LogP contribution in [0.1, 0.15) is 50.5 Å². The van der Waals surface area contributed by atoms with E-state index < -0.39 is 17.9 Å². The molecule has 0 spiro atoms. The second-order valence-electron chi connectivity index (χ2n) is 17.3. The Morgan fingerprint density at radius 2 is 0.732 bits per heavy atom. The number of allylic oxidation sites excluding steroid dienone is 1. The molecular weight excluding hydrogens is 1060 g/mol. The monoisotopic (exact) mass is 1120 g/mol. The maximum absolute atomic E-state index is 12.2. The number of para-hydroxylation sites is 6. The zero-order chi connectivity index (χ0) is 58.9. The molecule has 0 saturated heterocycles. The van der Waals surface area contributed by atoms with Crippen LogP contribution in [0.5, 0.6) is 34.5 Å². The number of carbonyl (C=O) groups excluding carboxylic acids is 3. The summed E-state index contributed by atoms with van der Waals surface area (Å²) >= 11 is 0. The van der Waals surface area contributed by atoms with Crippen molar-refractivity contribution < 1.29 is 82.0 Å². The molecule has 7 aromatic carbocycles. The fourth-order valence-corrected chi connectivity index (χ4v) is 6.87. The fourth-order valence-electron chi connectivity index (χ4n) is 6.87. The molecule has 82 heavy (non-hydrogen) atoms. The van der Waals surface area contributed by atoms with Gasteiger partial charge in [0.2, 0.25) is 17.7 Å². The molecule has 0 bridgehead atoms. The summed E-state index contributed by atoms with van der Waals surface area (Å²) in [6.07, 6.45) is 1.51. The summed E-state index contributed by atoms with van der Waals surface area (Å²) in [5.41, 5.74) is 4.18. The Bertz CT molecular complexity index is 3170.